The van der Waals surface area contributed by atoms with Crippen LogP contribution < -0.4 is 5.32 Å². The Balaban J connectivity index is 1.59. The molecule has 1 aliphatic rings. The number of nitrogens with zero attached hydrogens (tertiary/aromatic N) is 4. The van der Waals surface area contributed by atoms with Crippen molar-refractivity contribution in [1.82, 2.24) is 19.7 Å². The number of hydrogen-bond donors (Lipinski definition) is 1. The van der Waals surface area contributed by atoms with Gasteiger partial charge in [0.2, 0.25) is 0 Å². The third-order valence-corrected chi connectivity index (χ3v) is 6.42. The van der Waals surface area contributed by atoms with Crippen LogP contribution in [0, 0.1) is 13.8 Å². The van der Waals surface area contributed by atoms with Crippen molar-refractivity contribution in [2.24, 2.45) is 7.05 Å². The minimum atomic E-state index is -0.287. The average molecular weight is 454 g/mol. The summed E-state index contributed by atoms with van der Waals surface area (Å²) in [6.45, 7) is 5.28. The van der Waals surface area contributed by atoms with E-state index in [1.54, 1.807) is 10.7 Å². The van der Waals surface area contributed by atoms with Crippen molar-refractivity contribution in [3.05, 3.63) is 77.0 Å². The first-order valence-corrected chi connectivity index (χ1v) is 11.5. The molecule has 1 fully saturated rings. The van der Waals surface area contributed by atoms with Crippen LogP contribution in [0.4, 0.5) is 5.69 Å². The van der Waals surface area contributed by atoms with E-state index in [1.165, 1.54) is 0 Å². The van der Waals surface area contributed by atoms with Gasteiger partial charge in [-0.1, -0.05) is 42.5 Å². The summed E-state index contributed by atoms with van der Waals surface area (Å²) in [4.78, 5) is 33.6. The van der Waals surface area contributed by atoms with E-state index in [0.717, 1.165) is 42.8 Å². The summed E-state index contributed by atoms with van der Waals surface area (Å²) in [6.07, 6.45) is 2.02. The third-order valence-electron chi connectivity index (χ3n) is 6.42. The molecule has 3 heterocycles. The van der Waals surface area contributed by atoms with Crippen LogP contribution in [0.1, 0.15) is 44.8 Å². The molecule has 7 heteroatoms. The zero-order valence-electron chi connectivity index (χ0n) is 19.6. The minimum Gasteiger partial charge on any atom is -0.339 e. The van der Waals surface area contributed by atoms with E-state index in [2.05, 4.69) is 10.4 Å². The van der Waals surface area contributed by atoms with Crippen LogP contribution in [0.3, 0.4) is 0 Å². The maximum absolute atomic E-state index is 13.7. The maximum atomic E-state index is 13.7. The number of rotatable bonds is 4. The van der Waals surface area contributed by atoms with Crippen LogP contribution in [0.2, 0.25) is 0 Å². The van der Waals surface area contributed by atoms with Crippen LogP contribution in [0.15, 0.2) is 54.6 Å². The Kier molecular flexibility index (Phi) is 5.61. The van der Waals surface area contributed by atoms with E-state index >= 15 is 0 Å². The highest BCUT2D eigenvalue weighted by atomic mass is 16.2. The fraction of sp³-hybridized carbons (Fsp3) is 0.259. The Morgan fingerprint density at radius 1 is 0.941 bits per heavy atom. The standard InChI is InChI=1S/C27H27N5O2/c1-17-10-9-13-20(27(34)32-14-7-8-15-32)24(17)29-26(33)21-16-22(19-11-5-4-6-12-19)28-25-23(21)18(2)30-31(25)3/h4-6,9-13,16H,7-8,14-15H2,1-3H3,(H,29,33). The highest BCUT2D eigenvalue weighted by Crippen LogP contribution is 2.29. The zero-order chi connectivity index (χ0) is 23.8. The Hall–Kier alpha value is -4.00. The van der Waals surface area contributed by atoms with Gasteiger partial charge in [0.25, 0.3) is 11.8 Å². The fourth-order valence-electron chi connectivity index (χ4n) is 4.66. The van der Waals surface area contributed by atoms with Crippen LogP contribution >= 0.6 is 0 Å². The van der Waals surface area contributed by atoms with Crippen molar-refractivity contribution in [2.45, 2.75) is 26.7 Å². The van der Waals surface area contributed by atoms with E-state index in [-0.39, 0.29) is 11.8 Å². The van der Waals surface area contributed by atoms with Gasteiger partial charge in [-0.05, 0) is 44.4 Å². The van der Waals surface area contributed by atoms with E-state index in [0.29, 0.717) is 33.5 Å². The second-order valence-electron chi connectivity index (χ2n) is 8.78. The molecule has 0 bridgehead atoms. The second-order valence-corrected chi connectivity index (χ2v) is 8.78. The van der Waals surface area contributed by atoms with Gasteiger partial charge in [0.05, 0.1) is 33.6 Å². The van der Waals surface area contributed by atoms with Crippen molar-refractivity contribution in [3.63, 3.8) is 0 Å². The van der Waals surface area contributed by atoms with E-state index in [4.69, 9.17) is 4.98 Å². The molecule has 1 aliphatic heterocycles. The summed E-state index contributed by atoms with van der Waals surface area (Å²) < 4.78 is 1.70. The third kappa shape index (κ3) is 3.83. The number of amides is 2. The van der Waals surface area contributed by atoms with Gasteiger partial charge in [-0.2, -0.15) is 5.10 Å². The second kappa shape index (κ2) is 8.74. The predicted octanol–water partition coefficient (Wildman–Crippen LogP) is 4.74. The van der Waals surface area contributed by atoms with Crippen LogP contribution in [-0.4, -0.2) is 44.6 Å². The largest absolute Gasteiger partial charge is 0.339 e. The number of hydrogen-bond acceptors (Lipinski definition) is 4. The number of carbonyl (C=O) groups is 2. The number of nitrogens with one attached hydrogen (secondary N) is 1. The fourth-order valence-corrected chi connectivity index (χ4v) is 4.66. The van der Waals surface area contributed by atoms with Crippen molar-refractivity contribution >= 4 is 28.5 Å². The molecule has 0 unspecified atom stereocenters. The van der Waals surface area contributed by atoms with E-state index < -0.39 is 0 Å². The number of anilines is 1. The van der Waals surface area contributed by atoms with Crippen molar-refractivity contribution in [3.8, 4) is 11.3 Å². The highest BCUT2D eigenvalue weighted by molar-refractivity contribution is 6.15. The molecule has 7 nitrogen and oxygen atoms in total. The Bertz CT molecular complexity index is 1400. The first kappa shape index (κ1) is 21.8. The van der Waals surface area contributed by atoms with Crippen molar-refractivity contribution in [2.75, 3.05) is 18.4 Å². The summed E-state index contributed by atoms with van der Waals surface area (Å²) in [5.74, 6) is -0.329. The maximum Gasteiger partial charge on any atom is 0.256 e. The Morgan fingerprint density at radius 3 is 2.41 bits per heavy atom. The van der Waals surface area contributed by atoms with Crippen LogP contribution in [0.5, 0.6) is 0 Å². The van der Waals surface area contributed by atoms with Crippen LogP contribution in [-0.2, 0) is 7.05 Å². The summed E-state index contributed by atoms with van der Waals surface area (Å²) in [5.41, 5.74) is 5.38. The number of likely N-dealkylation sites (tertiary alicyclic amines) is 1. The summed E-state index contributed by atoms with van der Waals surface area (Å²) in [7, 11) is 1.83. The predicted molar refractivity (Wildman–Crippen MR) is 133 cm³/mol. The smallest absolute Gasteiger partial charge is 0.256 e. The molecule has 1 saturated heterocycles. The van der Waals surface area contributed by atoms with Gasteiger partial charge < -0.3 is 10.2 Å². The van der Waals surface area contributed by atoms with Gasteiger partial charge >= 0.3 is 0 Å². The van der Waals surface area contributed by atoms with E-state index in [1.807, 2.05) is 74.3 Å². The number of aromatic nitrogens is 3. The molecule has 2 aromatic carbocycles. The lowest BCUT2D eigenvalue weighted by molar-refractivity contribution is 0.0793. The molecule has 0 saturated carbocycles. The minimum absolute atomic E-state index is 0.0427. The first-order chi connectivity index (χ1) is 16.4. The molecule has 4 aromatic rings. The van der Waals surface area contributed by atoms with Gasteiger partial charge in [0, 0.05) is 25.7 Å². The number of pyridine rings is 1. The number of benzene rings is 2. The Labute approximate surface area is 198 Å². The first-order valence-electron chi connectivity index (χ1n) is 11.5. The molecule has 34 heavy (non-hydrogen) atoms. The lowest BCUT2D eigenvalue weighted by atomic mass is 10.0. The van der Waals surface area contributed by atoms with Crippen LogP contribution in [0.25, 0.3) is 22.3 Å². The molecule has 0 radical (unpaired) electrons. The van der Waals surface area contributed by atoms with Gasteiger partial charge in [-0.3, -0.25) is 14.3 Å². The molecule has 2 amide bonds. The number of carbonyl (C=O) groups excluding carboxylic acids is 2. The SMILES string of the molecule is Cc1cccc(C(=O)N2CCCC2)c1NC(=O)c1cc(-c2ccccc2)nc2c1c(C)nn2C. The molecule has 0 aliphatic carbocycles. The van der Waals surface area contributed by atoms with Gasteiger partial charge in [0.15, 0.2) is 5.65 Å². The monoisotopic (exact) mass is 453 g/mol. The molecular weight excluding hydrogens is 426 g/mol. The lowest BCUT2D eigenvalue weighted by Crippen LogP contribution is -2.29. The number of aryl methyl sites for hydroxylation is 3. The molecule has 1 N–H and O–H groups in total. The van der Waals surface area contributed by atoms with Gasteiger partial charge in [0.1, 0.15) is 0 Å². The van der Waals surface area contributed by atoms with Crippen molar-refractivity contribution in [1.29, 1.82) is 0 Å². The molecule has 0 atom stereocenters. The Morgan fingerprint density at radius 2 is 1.68 bits per heavy atom. The summed E-state index contributed by atoms with van der Waals surface area (Å²) >= 11 is 0. The number of fused-ring (bicyclic) bond motifs is 1. The van der Waals surface area contributed by atoms with Crippen molar-refractivity contribution < 1.29 is 9.59 Å². The van der Waals surface area contributed by atoms with Gasteiger partial charge in [-0.25, -0.2) is 4.98 Å². The summed E-state index contributed by atoms with van der Waals surface area (Å²) in [6, 6.07) is 17.1. The quantitative estimate of drug-likeness (QED) is 0.484. The molecule has 2 aromatic heterocycles. The molecular formula is C27H27N5O2. The summed E-state index contributed by atoms with van der Waals surface area (Å²) in [5, 5.41) is 8.27. The molecule has 0 spiro atoms. The normalized spacial score (nSPS) is 13.4. The topological polar surface area (TPSA) is 80.1 Å². The molecule has 5 rings (SSSR count). The highest BCUT2D eigenvalue weighted by Gasteiger charge is 2.25. The lowest BCUT2D eigenvalue weighted by Gasteiger charge is -2.19. The zero-order valence-corrected chi connectivity index (χ0v) is 19.6. The molecule has 172 valence electrons. The van der Waals surface area contributed by atoms with E-state index in [9.17, 15) is 9.59 Å². The van der Waals surface area contributed by atoms with Gasteiger partial charge in [-0.15, -0.1) is 0 Å². The average Bonchev–Trinajstić information content (AvgIpc) is 3.48. The number of para-hydroxylation sites is 1.